The molecule has 2 aromatic carbocycles. The number of primary amides is 1. The van der Waals surface area contributed by atoms with Crippen LogP contribution in [0.15, 0.2) is 59.4 Å². The second-order valence-electron chi connectivity index (χ2n) is 8.07. The topological polar surface area (TPSA) is 86.8 Å². The van der Waals surface area contributed by atoms with Gasteiger partial charge in [-0.3, -0.25) is 14.5 Å². The van der Waals surface area contributed by atoms with Crippen LogP contribution in [0, 0.1) is 0 Å². The van der Waals surface area contributed by atoms with Gasteiger partial charge in [0.15, 0.2) is 0 Å². The molecule has 1 atom stereocenters. The van der Waals surface area contributed by atoms with Crippen LogP contribution in [-0.2, 0) is 28.8 Å². The molecule has 1 aliphatic rings. The first-order chi connectivity index (χ1) is 14.9. The van der Waals surface area contributed by atoms with Crippen molar-refractivity contribution in [3.63, 3.8) is 0 Å². The number of benzene rings is 2. The van der Waals surface area contributed by atoms with E-state index in [4.69, 9.17) is 15.2 Å². The van der Waals surface area contributed by atoms with Gasteiger partial charge in [0.1, 0.15) is 18.0 Å². The van der Waals surface area contributed by atoms with Gasteiger partial charge in [0, 0.05) is 33.3 Å². The van der Waals surface area contributed by atoms with E-state index in [0.717, 1.165) is 40.7 Å². The molecule has 31 heavy (non-hydrogen) atoms. The molecule has 162 valence electrons. The largest absolute Gasteiger partial charge is 0.489 e. The summed E-state index contributed by atoms with van der Waals surface area (Å²) in [7, 11) is 3.47. The van der Waals surface area contributed by atoms with E-state index in [1.807, 2.05) is 53.4 Å². The van der Waals surface area contributed by atoms with E-state index in [1.54, 1.807) is 24.8 Å². The Morgan fingerprint density at radius 1 is 1.16 bits per heavy atom. The lowest BCUT2D eigenvalue weighted by atomic mass is 9.92. The molecule has 0 aliphatic carbocycles. The zero-order valence-corrected chi connectivity index (χ0v) is 17.8. The summed E-state index contributed by atoms with van der Waals surface area (Å²) in [5.41, 5.74) is 7.77. The molecule has 3 aromatic rings. The Balaban J connectivity index is 1.50. The van der Waals surface area contributed by atoms with Crippen molar-refractivity contribution in [3.05, 3.63) is 76.1 Å². The number of likely N-dealkylation sites (tertiary alicyclic amines) is 1. The molecule has 4 rings (SSSR count). The Bertz CT molecular complexity index is 1170. The third-order valence-electron chi connectivity index (χ3n) is 6.04. The summed E-state index contributed by atoms with van der Waals surface area (Å²) in [5.74, 6) is 0.419. The SMILES string of the molecule is COC1(c2cccc(OCc3ccc4c(ccc(=O)n4C)c3)c2)CCN(CC(N)=O)C1. The predicted octanol–water partition coefficient (Wildman–Crippen LogP) is 2.15. The summed E-state index contributed by atoms with van der Waals surface area (Å²) >= 11 is 0. The van der Waals surface area contributed by atoms with E-state index in [0.29, 0.717) is 13.2 Å². The molecule has 1 aromatic heterocycles. The second-order valence-corrected chi connectivity index (χ2v) is 8.07. The number of carbonyl (C=O) groups is 1. The highest BCUT2D eigenvalue weighted by Gasteiger charge is 2.40. The number of aromatic nitrogens is 1. The molecule has 1 unspecified atom stereocenters. The van der Waals surface area contributed by atoms with Crippen LogP contribution >= 0.6 is 0 Å². The Morgan fingerprint density at radius 3 is 2.77 bits per heavy atom. The molecule has 1 amide bonds. The van der Waals surface area contributed by atoms with Crippen molar-refractivity contribution in [1.82, 2.24) is 9.47 Å². The van der Waals surface area contributed by atoms with E-state index < -0.39 is 5.60 Å². The predicted molar refractivity (Wildman–Crippen MR) is 119 cm³/mol. The lowest BCUT2D eigenvalue weighted by Crippen LogP contribution is -2.36. The van der Waals surface area contributed by atoms with E-state index in [9.17, 15) is 9.59 Å². The highest BCUT2D eigenvalue weighted by Crippen LogP contribution is 2.36. The van der Waals surface area contributed by atoms with Gasteiger partial charge in [-0.1, -0.05) is 18.2 Å². The third kappa shape index (κ3) is 4.33. The number of hydrogen-bond acceptors (Lipinski definition) is 5. The van der Waals surface area contributed by atoms with Crippen LogP contribution in [0.1, 0.15) is 17.5 Å². The number of hydrogen-bond donors (Lipinski definition) is 1. The number of methoxy groups -OCH3 is 1. The van der Waals surface area contributed by atoms with Crippen LogP contribution in [0.5, 0.6) is 5.75 Å². The molecule has 0 saturated carbocycles. The molecule has 0 bridgehead atoms. The third-order valence-corrected chi connectivity index (χ3v) is 6.04. The molecule has 1 fully saturated rings. The molecule has 1 aliphatic heterocycles. The quantitative estimate of drug-likeness (QED) is 0.632. The smallest absolute Gasteiger partial charge is 0.250 e. The molecule has 1 saturated heterocycles. The Kier molecular flexibility index (Phi) is 5.80. The van der Waals surface area contributed by atoms with Gasteiger partial charge >= 0.3 is 0 Å². The fourth-order valence-corrected chi connectivity index (χ4v) is 4.29. The summed E-state index contributed by atoms with van der Waals surface area (Å²) < 4.78 is 13.6. The monoisotopic (exact) mass is 421 g/mol. The maximum Gasteiger partial charge on any atom is 0.250 e. The van der Waals surface area contributed by atoms with Crippen LogP contribution < -0.4 is 16.0 Å². The van der Waals surface area contributed by atoms with Gasteiger partial charge in [-0.15, -0.1) is 0 Å². The summed E-state index contributed by atoms with van der Waals surface area (Å²) in [6.07, 6.45) is 0.781. The summed E-state index contributed by atoms with van der Waals surface area (Å²) in [5, 5.41) is 0.996. The maximum atomic E-state index is 11.8. The fraction of sp³-hybridized carbons (Fsp3) is 0.333. The van der Waals surface area contributed by atoms with E-state index in [1.165, 1.54) is 0 Å². The van der Waals surface area contributed by atoms with Crippen molar-refractivity contribution >= 4 is 16.8 Å². The van der Waals surface area contributed by atoms with Crippen molar-refractivity contribution in [1.29, 1.82) is 0 Å². The highest BCUT2D eigenvalue weighted by atomic mass is 16.5. The maximum absolute atomic E-state index is 11.8. The molecule has 0 radical (unpaired) electrons. The minimum Gasteiger partial charge on any atom is -0.489 e. The van der Waals surface area contributed by atoms with Gasteiger partial charge in [-0.25, -0.2) is 0 Å². The number of rotatable bonds is 7. The van der Waals surface area contributed by atoms with Crippen molar-refractivity contribution < 1.29 is 14.3 Å². The number of fused-ring (bicyclic) bond motifs is 1. The number of nitrogens with zero attached hydrogens (tertiary/aromatic N) is 2. The van der Waals surface area contributed by atoms with Gasteiger partial charge < -0.3 is 19.8 Å². The standard InChI is InChI=1S/C24H27N3O4/c1-26-21-8-6-17(12-18(21)7-9-23(26)29)15-31-20-5-3-4-19(13-20)24(30-2)10-11-27(16-24)14-22(25)28/h3-9,12-13H,10-11,14-16H2,1-2H3,(H2,25,28). The second kappa shape index (κ2) is 8.53. The van der Waals surface area contributed by atoms with Crippen molar-refractivity contribution in [2.75, 3.05) is 26.7 Å². The molecule has 2 N–H and O–H groups in total. The average molecular weight is 421 g/mol. The van der Waals surface area contributed by atoms with Crippen LogP contribution in [0.25, 0.3) is 10.9 Å². The zero-order chi connectivity index (χ0) is 22.0. The van der Waals surface area contributed by atoms with Gasteiger partial charge in [-0.2, -0.15) is 0 Å². The van der Waals surface area contributed by atoms with Crippen molar-refractivity contribution in [2.45, 2.75) is 18.6 Å². The molecule has 2 heterocycles. The van der Waals surface area contributed by atoms with Crippen LogP contribution in [0.3, 0.4) is 0 Å². The average Bonchev–Trinajstić information content (AvgIpc) is 3.19. The van der Waals surface area contributed by atoms with Gasteiger partial charge in [0.2, 0.25) is 5.91 Å². The van der Waals surface area contributed by atoms with E-state index in [2.05, 4.69) is 0 Å². The van der Waals surface area contributed by atoms with Crippen LogP contribution in [-0.4, -0.2) is 42.1 Å². The number of pyridine rings is 1. The van der Waals surface area contributed by atoms with Crippen LogP contribution in [0.2, 0.25) is 0 Å². The number of aryl methyl sites for hydroxylation is 1. The number of ether oxygens (including phenoxy) is 2. The number of carbonyl (C=O) groups excluding carboxylic acids is 1. The number of amides is 1. The van der Waals surface area contributed by atoms with Crippen molar-refractivity contribution in [3.8, 4) is 5.75 Å². The Labute approximate surface area is 181 Å². The lowest BCUT2D eigenvalue weighted by Gasteiger charge is -2.29. The van der Waals surface area contributed by atoms with E-state index in [-0.39, 0.29) is 18.0 Å². The molecule has 7 heteroatoms. The first kappa shape index (κ1) is 21.1. The van der Waals surface area contributed by atoms with Crippen molar-refractivity contribution in [2.24, 2.45) is 12.8 Å². The van der Waals surface area contributed by atoms with Crippen LogP contribution in [0.4, 0.5) is 0 Å². The molecule has 0 spiro atoms. The van der Waals surface area contributed by atoms with Gasteiger partial charge in [0.25, 0.3) is 5.56 Å². The lowest BCUT2D eigenvalue weighted by molar-refractivity contribution is -0.119. The summed E-state index contributed by atoms with van der Waals surface area (Å²) in [6, 6.07) is 17.3. The minimum atomic E-state index is -0.484. The minimum absolute atomic E-state index is 0.0262. The van der Waals surface area contributed by atoms with Gasteiger partial charge in [0.05, 0.1) is 12.1 Å². The first-order valence-electron chi connectivity index (χ1n) is 10.3. The number of nitrogens with two attached hydrogens (primary N) is 1. The first-order valence-corrected chi connectivity index (χ1v) is 10.3. The highest BCUT2D eigenvalue weighted by molar-refractivity contribution is 5.79. The Morgan fingerprint density at radius 2 is 2.00 bits per heavy atom. The van der Waals surface area contributed by atoms with Gasteiger partial charge in [-0.05, 0) is 53.3 Å². The fourth-order valence-electron chi connectivity index (χ4n) is 4.29. The molecule has 7 nitrogen and oxygen atoms in total. The molecular weight excluding hydrogens is 394 g/mol. The normalized spacial score (nSPS) is 19.0. The van der Waals surface area contributed by atoms with E-state index >= 15 is 0 Å². The molecular formula is C24H27N3O4. The Hall–Kier alpha value is -3.16. The summed E-state index contributed by atoms with van der Waals surface area (Å²) in [6.45, 7) is 2.01. The zero-order valence-electron chi connectivity index (χ0n) is 17.8. The summed E-state index contributed by atoms with van der Waals surface area (Å²) in [4.78, 5) is 25.1.